The van der Waals surface area contributed by atoms with Gasteiger partial charge in [0.05, 0.1) is 0 Å². The lowest BCUT2D eigenvalue weighted by molar-refractivity contribution is 1.48. The van der Waals surface area contributed by atoms with Gasteiger partial charge in [-0.05, 0) is 28.8 Å². The van der Waals surface area contributed by atoms with Gasteiger partial charge in [0.1, 0.15) is 0 Å². The molecule has 106 valence electrons. The summed E-state index contributed by atoms with van der Waals surface area (Å²) in [5, 5.41) is 3.92. The molecule has 0 aliphatic heterocycles. The molecule has 0 nitrogen and oxygen atoms in total. The summed E-state index contributed by atoms with van der Waals surface area (Å²) in [4.78, 5) is 1.32. The molecular weight excluding hydrogens is 284 g/mol. The Bertz CT molecular complexity index is 1000. The average molecular weight is 300 g/mol. The Morgan fingerprint density at radius 1 is 0.864 bits per heavy atom. The van der Waals surface area contributed by atoms with Crippen molar-refractivity contribution in [2.45, 2.75) is 6.92 Å². The number of hydrogen-bond acceptors (Lipinski definition) is 1. The normalized spacial score (nSPS) is 11.1. The fraction of sp³-hybridized carbons (Fsp3) is 0.0476. The highest BCUT2D eigenvalue weighted by atomic mass is 32.1. The van der Waals surface area contributed by atoms with Gasteiger partial charge in [-0.15, -0.1) is 11.3 Å². The molecule has 0 bridgehead atoms. The zero-order valence-electron chi connectivity index (χ0n) is 12.5. The van der Waals surface area contributed by atoms with Crippen LogP contribution < -0.4 is 0 Å². The molecule has 0 aliphatic rings. The second kappa shape index (κ2) is 5.11. The first-order valence-electron chi connectivity index (χ1n) is 7.42. The third-order valence-electron chi connectivity index (χ3n) is 4.21. The van der Waals surface area contributed by atoms with E-state index in [4.69, 9.17) is 0 Å². The van der Waals surface area contributed by atoms with Crippen LogP contribution in [0.3, 0.4) is 0 Å². The molecule has 0 saturated carbocycles. The summed E-state index contributed by atoms with van der Waals surface area (Å²) >= 11 is 1.87. The van der Waals surface area contributed by atoms with Crippen LogP contribution in [0.2, 0.25) is 0 Å². The first-order chi connectivity index (χ1) is 10.8. The van der Waals surface area contributed by atoms with Gasteiger partial charge in [0.2, 0.25) is 0 Å². The maximum Gasteiger partial charge on any atom is 0.0434 e. The summed E-state index contributed by atoms with van der Waals surface area (Å²) < 4.78 is 1.35. The summed E-state index contributed by atoms with van der Waals surface area (Å²) in [6.07, 6.45) is 2.00. The Morgan fingerprint density at radius 2 is 1.64 bits per heavy atom. The van der Waals surface area contributed by atoms with Crippen LogP contribution in [-0.2, 0) is 0 Å². The van der Waals surface area contributed by atoms with E-state index in [1.54, 1.807) is 0 Å². The lowest BCUT2D eigenvalue weighted by Gasteiger charge is -2.04. The van der Waals surface area contributed by atoms with Gasteiger partial charge in [0.15, 0.2) is 0 Å². The van der Waals surface area contributed by atoms with Crippen LogP contribution in [0.1, 0.15) is 11.1 Å². The fourth-order valence-electron chi connectivity index (χ4n) is 3.07. The smallest absolute Gasteiger partial charge is 0.0434 e. The second-order valence-electron chi connectivity index (χ2n) is 5.53. The summed E-state index contributed by atoms with van der Waals surface area (Å²) in [7, 11) is 0. The number of hydrogen-bond donors (Lipinski definition) is 0. The predicted octanol–water partition coefficient (Wildman–Crippen LogP) is 6.67. The van der Waals surface area contributed by atoms with Crippen LogP contribution in [0.4, 0.5) is 0 Å². The van der Waals surface area contributed by atoms with Gasteiger partial charge in [-0.3, -0.25) is 0 Å². The van der Waals surface area contributed by atoms with Crippen LogP contribution in [0.5, 0.6) is 0 Å². The molecule has 4 aromatic rings. The molecule has 0 radical (unpaired) electrons. The van der Waals surface area contributed by atoms with E-state index in [9.17, 15) is 0 Å². The topological polar surface area (TPSA) is 0 Å². The number of rotatable bonds is 2. The van der Waals surface area contributed by atoms with Gasteiger partial charge in [-0.25, -0.2) is 0 Å². The molecule has 0 atom stereocenters. The second-order valence-corrected chi connectivity index (χ2v) is 6.55. The van der Waals surface area contributed by atoms with Crippen molar-refractivity contribution < 1.29 is 0 Å². The average Bonchev–Trinajstić information content (AvgIpc) is 2.94. The molecule has 0 amide bonds. The molecular formula is C21H16S. The number of thiophene rings is 1. The van der Waals surface area contributed by atoms with Gasteiger partial charge in [0, 0.05) is 20.5 Å². The van der Waals surface area contributed by atoms with Gasteiger partial charge in [-0.1, -0.05) is 73.3 Å². The molecule has 0 N–H and O–H groups in total. The van der Waals surface area contributed by atoms with E-state index < -0.39 is 0 Å². The van der Waals surface area contributed by atoms with Crippen molar-refractivity contribution in [3.8, 4) is 10.4 Å². The van der Waals surface area contributed by atoms with E-state index in [0.717, 1.165) is 0 Å². The Balaban J connectivity index is 2.14. The highest BCUT2D eigenvalue weighted by Gasteiger charge is 2.14. The number of aryl methyl sites for hydroxylation is 1. The third kappa shape index (κ3) is 1.90. The summed E-state index contributed by atoms with van der Waals surface area (Å²) in [5.74, 6) is 0. The number of fused-ring (bicyclic) bond motifs is 3. The molecule has 0 unspecified atom stereocenters. The first-order valence-corrected chi connectivity index (χ1v) is 8.24. The maximum atomic E-state index is 4.06. The molecule has 0 fully saturated rings. The molecule has 0 spiro atoms. The standard InChI is InChI=1S/C21H16S/c1-3-16-19-13-12-15-9-5-7-11-18(15)21(19)22-20(16)17-10-6-4-8-14(17)2/h3-13H,1H2,2H3. The quantitative estimate of drug-likeness (QED) is 0.387. The van der Waals surface area contributed by atoms with Crippen molar-refractivity contribution in [1.29, 1.82) is 0 Å². The Labute approximate surface area is 134 Å². The van der Waals surface area contributed by atoms with Crippen LogP contribution in [0, 0.1) is 6.92 Å². The van der Waals surface area contributed by atoms with Gasteiger partial charge in [0.25, 0.3) is 0 Å². The minimum absolute atomic E-state index is 1.25. The van der Waals surface area contributed by atoms with E-state index >= 15 is 0 Å². The minimum Gasteiger partial charge on any atom is -0.134 e. The largest absolute Gasteiger partial charge is 0.134 e. The first kappa shape index (κ1) is 13.3. The van der Waals surface area contributed by atoms with E-state index in [-0.39, 0.29) is 0 Å². The minimum atomic E-state index is 1.25. The molecule has 1 aromatic heterocycles. The molecule has 0 saturated heterocycles. The summed E-state index contributed by atoms with van der Waals surface area (Å²) in [5.41, 5.74) is 3.86. The SMILES string of the molecule is C=Cc1c(-c2ccccc2C)sc2c1ccc1ccccc12. The van der Waals surface area contributed by atoms with Crippen LogP contribution in [-0.4, -0.2) is 0 Å². The van der Waals surface area contributed by atoms with Crippen LogP contribution in [0.25, 0.3) is 37.4 Å². The third-order valence-corrected chi connectivity index (χ3v) is 5.50. The molecule has 1 heteroatoms. The molecule has 4 rings (SSSR count). The molecule has 3 aromatic carbocycles. The monoisotopic (exact) mass is 300 g/mol. The molecule has 0 aliphatic carbocycles. The van der Waals surface area contributed by atoms with Gasteiger partial charge >= 0.3 is 0 Å². The summed E-state index contributed by atoms with van der Waals surface area (Å²) in [6.45, 7) is 6.23. The van der Waals surface area contributed by atoms with Gasteiger partial charge < -0.3 is 0 Å². The van der Waals surface area contributed by atoms with Crippen molar-refractivity contribution in [2.24, 2.45) is 0 Å². The number of benzene rings is 3. The molecule has 1 heterocycles. The van der Waals surface area contributed by atoms with Crippen molar-refractivity contribution in [3.05, 3.63) is 78.4 Å². The van der Waals surface area contributed by atoms with Gasteiger partial charge in [-0.2, -0.15) is 0 Å². The van der Waals surface area contributed by atoms with E-state index in [1.165, 1.54) is 42.4 Å². The lowest BCUT2D eigenvalue weighted by Crippen LogP contribution is -1.81. The molecule has 22 heavy (non-hydrogen) atoms. The zero-order chi connectivity index (χ0) is 15.1. The van der Waals surface area contributed by atoms with E-state index in [1.807, 2.05) is 17.4 Å². The Morgan fingerprint density at radius 3 is 2.45 bits per heavy atom. The summed E-state index contributed by atoms with van der Waals surface area (Å²) in [6, 6.07) is 21.6. The van der Waals surface area contributed by atoms with E-state index in [0.29, 0.717) is 0 Å². The van der Waals surface area contributed by atoms with Crippen molar-refractivity contribution in [1.82, 2.24) is 0 Å². The highest BCUT2D eigenvalue weighted by molar-refractivity contribution is 7.23. The van der Waals surface area contributed by atoms with Crippen molar-refractivity contribution in [2.75, 3.05) is 0 Å². The highest BCUT2D eigenvalue weighted by Crippen LogP contribution is 2.43. The Hall–Kier alpha value is -2.38. The zero-order valence-corrected chi connectivity index (χ0v) is 13.3. The fourth-order valence-corrected chi connectivity index (χ4v) is 4.50. The lowest BCUT2D eigenvalue weighted by atomic mass is 10.0. The maximum absolute atomic E-state index is 4.06. The van der Waals surface area contributed by atoms with Crippen molar-refractivity contribution >= 4 is 38.3 Å². The predicted molar refractivity (Wildman–Crippen MR) is 99.6 cm³/mol. The Kier molecular flexibility index (Phi) is 3.09. The van der Waals surface area contributed by atoms with Crippen LogP contribution >= 0.6 is 11.3 Å². The van der Waals surface area contributed by atoms with Crippen LogP contribution in [0.15, 0.2) is 67.2 Å². The van der Waals surface area contributed by atoms with E-state index in [2.05, 4.69) is 74.2 Å². The van der Waals surface area contributed by atoms with Crippen molar-refractivity contribution in [3.63, 3.8) is 0 Å².